The van der Waals surface area contributed by atoms with Crippen molar-refractivity contribution in [2.75, 3.05) is 31.2 Å². The summed E-state index contributed by atoms with van der Waals surface area (Å²) in [5, 5.41) is 11.5. The Morgan fingerprint density at radius 3 is 2.63 bits per heavy atom. The predicted octanol–water partition coefficient (Wildman–Crippen LogP) is 4.41. The molecule has 2 aromatic rings. The number of ether oxygens (including phenoxy) is 2. The molecule has 0 aliphatic carbocycles. The van der Waals surface area contributed by atoms with Crippen LogP contribution in [0.3, 0.4) is 0 Å². The summed E-state index contributed by atoms with van der Waals surface area (Å²) < 4.78 is 12.4. The van der Waals surface area contributed by atoms with E-state index in [1.165, 1.54) is 0 Å². The highest BCUT2D eigenvalue weighted by Gasteiger charge is 2.78. The second kappa shape index (κ2) is 11.8. The molecule has 0 radical (unpaired) electrons. The molecule has 2 aromatic carbocycles. The minimum absolute atomic E-state index is 0.0108. The summed E-state index contributed by atoms with van der Waals surface area (Å²) in [6.45, 7) is 10.2. The first-order chi connectivity index (χ1) is 19.8. The topological polar surface area (TPSA) is 96.4 Å². The maximum Gasteiger partial charge on any atom is 0.312 e. The molecule has 218 valence electrons. The summed E-state index contributed by atoms with van der Waals surface area (Å²) in [5.74, 6) is -2.56. The number of esters is 1. The van der Waals surface area contributed by atoms with Crippen molar-refractivity contribution in [3.63, 3.8) is 0 Å². The number of hydrogen-bond donors (Lipinski definition) is 1. The lowest BCUT2D eigenvalue weighted by molar-refractivity contribution is -0.159. The van der Waals surface area contributed by atoms with Gasteiger partial charge in [0.1, 0.15) is 17.6 Å². The van der Waals surface area contributed by atoms with Crippen LogP contribution in [0.15, 0.2) is 67.8 Å². The third kappa shape index (κ3) is 4.97. The van der Waals surface area contributed by atoms with Crippen LogP contribution in [0.25, 0.3) is 10.8 Å². The molecule has 3 fully saturated rings. The number of aliphatic hydroxyl groups excluding tert-OH is 1. The van der Waals surface area contributed by atoms with Crippen molar-refractivity contribution in [2.24, 2.45) is 11.8 Å². The van der Waals surface area contributed by atoms with Gasteiger partial charge in [0.2, 0.25) is 5.91 Å². The SMILES string of the molecule is C=CCCCOC(=O)[C@H]1[C@H]2C(=O)N(CCCCO)C(C(=O)N(CC=C)c3ccc4ccccc4c3)C23CC[C@]1(C)O3. The molecular weight excluding hydrogens is 520 g/mol. The van der Waals surface area contributed by atoms with E-state index in [-0.39, 0.29) is 38.1 Å². The number of unbranched alkanes of at least 4 members (excludes halogenated alkanes) is 2. The molecule has 8 heteroatoms. The van der Waals surface area contributed by atoms with E-state index < -0.39 is 35.0 Å². The summed E-state index contributed by atoms with van der Waals surface area (Å²) in [6, 6.07) is 12.9. The van der Waals surface area contributed by atoms with E-state index >= 15 is 0 Å². The summed E-state index contributed by atoms with van der Waals surface area (Å²) in [7, 11) is 0. The van der Waals surface area contributed by atoms with Gasteiger partial charge in [0.15, 0.2) is 0 Å². The Morgan fingerprint density at radius 2 is 1.90 bits per heavy atom. The summed E-state index contributed by atoms with van der Waals surface area (Å²) in [5.41, 5.74) is -1.32. The molecule has 3 aliphatic rings. The molecule has 1 spiro atoms. The normalized spacial score (nSPS) is 28.1. The summed E-state index contributed by atoms with van der Waals surface area (Å²) in [6.07, 6.45) is 6.89. The number of carbonyl (C=O) groups excluding carboxylic acids is 3. The first kappa shape index (κ1) is 29.0. The van der Waals surface area contributed by atoms with Crippen LogP contribution < -0.4 is 4.90 Å². The third-order valence-corrected chi connectivity index (χ3v) is 8.99. The number of amides is 2. The molecule has 0 saturated carbocycles. The summed E-state index contributed by atoms with van der Waals surface area (Å²) in [4.78, 5) is 45.6. The number of rotatable bonds is 13. The van der Waals surface area contributed by atoms with Crippen molar-refractivity contribution >= 4 is 34.2 Å². The molecule has 2 unspecified atom stereocenters. The van der Waals surface area contributed by atoms with E-state index in [4.69, 9.17) is 9.47 Å². The van der Waals surface area contributed by atoms with Gasteiger partial charge in [-0.2, -0.15) is 0 Å². The van der Waals surface area contributed by atoms with Gasteiger partial charge < -0.3 is 24.4 Å². The fourth-order valence-corrected chi connectivity index (χ4v) is 7.13. The van der Waals surface area contributed by atoms with Crippen LogP contribution in [-0.2, 0) is 23.9 Å². The highest BCUT2D eigenvalue weighted by molar-refractivity contribution is 6.05. The number of aliphatic hydroxyl groups is 1. The van der Waals surface area contributed by atoms with Gasteiger partial charge in [-0.15, -0.1) is 13.2 Å². The van der Waals surface area contributed by atoms with Crippen LogP contribution in [0.2, 0.25) is 0 Å². The lowest BCUT2D eigenvalue weighted by atomic mass is 9.66. The molecule has 5 rings (SSSR count). The molecule has 2 amide bonds. The molecule has 0 aromatic heterocycles. The van der Waals surface area contributed by atoms with Crippen molar-refractivity contribution in [3.8, 4) is 0 Å². The van der Waals surface area contributed by atoms with Crippen LogP contribution >= 0.6 is 0 Å². The van der Waals surface area contributed by atoms with Gasteiger partial charge in [-0.3, -0.25) is 14.4 Å². The van der Waals surface area contributed by atoms with E-state index in [2.05, 4.69) is 13.2 Å². The van der Waals surface area contributed by atoms with E-state index in [0.717, 1.165) is 17.2 Å². The molecule has 3 heterocycles. The first-order valence-corrected chi connectivity index (χ1v) is 14.6. The molecule has 8 nitrogen and oxygen atoms in total. The highest BCUT2D eigenvalue weighted by atomic mass is 16.6. The first-order valence-electron chi connectivity index (χ1n) is 14.6. The zero-order valence-corrected chi connectivity index (χ0v) is 23.8. The minimum Gasteiger partial charge on any atom is -0.465 e. The summed E-state index contributed by atoms with van der Waals surface area (Å²) >= 11 is 0. The second-order valence-electron chi connectivity index (χ2n) is 11.6. The number of benzene rings is 2. The van der Waals surface area contributed by atoms with Crippen molar-refractivity contribution in [3.05, 3.63) is 67.8 Å². The molecule has 5 atom stereocenters. The van der Waals surface area contributed by atoms with Gasteiger partial charge in [-0.05, 0) is 68.4 Å². The number of hydrogen-bond acceptors (Lipinski definition) is 6. The van der Waals surface area contributed by atoms with E-state index in [1.807, 2.05) is 49.4 Å². The highest BCUT2D eigenvalue weighted by Crippen LogP contribution is 2.63. The Labute approximate surface area is 241 Å². The fourth-order valence-electron chi connectivity index (χ4n) is 7.13. The molecule has 2 bridgehead atoms. The maximum atomic E-state index is 14.6. The van der Waals surface area contributed by atoms with Gasteiger partial charge in [0.25, 0.3) is 5.91 Å². The average molecular weight is 561 g/mol. The number of allylic oxidation sites excluding steroid dienone is 1. The number of nitrogens with zero attached hydrogens (tertiary/aromatic N) is 2. The van der Waals surface area contributed by atoms with Crippen molar-refractivity contribution in [2.45, 2.75) is 62.7 Å². The Bertz CT molecular complexity index is 1340. The fraction of sp³-hybridized carbons (Fsp3) is 0.485. The Balaban J connectivity index is 1.52. The van der Waals surface area contributed by atoms with E-state index in [0.29, 0.717) is 37.8 Å². The largest absolute Gasteiger partial charge is 0.465 e. The number of carbonyl (C=O) groups is 3. The molecule has 1 N–H and O–H groups in total. The van der Waals surface area contributed by atoms with Crippen LogP contribution in [0.1, 0.15) is 45.4 Å². The Hall–Kier alpha value is -3.49. The van der Waals surface area contributed by atoms with Crippen molar-refractivity contribution < 1.29 is 29.0 Å². The number of fused-ring (bicyclic) bond motifs is 2. The zero-order valence-electron chi connectivity index (χ0n) is 23.8. The van der Waals surface area contributed by atoms with Gasteiger partial charge >= 0.3 is 5.97 Å². The monoisotopic (exact) mass is 560 g/mol. The van der Waals surface area contributed by atoms with Crippen molar-refractivity contribution in [1.29, 1.82) is 0 Å². The quantitative estimate of drug-likeness (QED) is 0.222. The predicted molar refractivity (Wildman–Crippen MR) is 157 cm³/mol. The zero-order chi connectivity index (χ0) is 29.2. The minimum atomic E-state index is -1.14. The average Bonchev–Trinajstić information content (AvgIpc) is 3.54. The molecule has 3 aliphatic heterocycles. The Morgan fingerprint density at radius 1 is 1.12 bits per heavy atom. The maximum absolute atomic E-state index is 14.6. The number of likely N-dealkylation sites (tertiary alicyclic amines) is 1. The standard InChI is InChI=1S/C33H40N2O6/c1-4-6-11-21-40-31(39)27-26-29(37)35(19-9-10-20-36)28(33(26)17-16-32(27,3)41-33)30(38)34(18-5-2)25-15-14-23-12-7-8-13-24(23)22-25/h4-5,7-8,12-15,22,26-28,36H,1-2,6,9-11,16-21H2,3H3/t26-,27+,28?,32-,33?/m0/s1. The van der Waals surface area contributed by atoms with Gasteiger partial charge in [0.05, 0.1) is 18.1 Å². The molecular formula is C33H40N2O6. The van der Waals surface area contributed by atoms with Crippen LogP contribution in [0.5, 0.6) is 0 Å². The second-order valence-corrected chi connectivity index (χ2v) is 11.6. The van der Waals surface area contributed by atoms with Crippen molar-refractivity contribution in [1.82, 2.24) is 4.90 Å². The Kier molecular flexibility index (Phi) is 8.34. The third-order valence-electron chi connectivity index (χ3n) is 8.99. The lowest BCUT2D eigenvalue weighted by Gasteiger charge is -2.37. The van der Waals surface area contributed by atoms with Crippen LogP contribution in [-0.4, -0.2) is 71.3 Å². The van der Waals surface area contributed by atoms with E-state index in [1.54, 1.807) is 22.0 Å². The van der Waals surface area contributed by atoms with Gasteiger partial charge in [-0.25, -0.2) is 0 Å². The smallest absolute Gasteiger partial charge is 0.312 e. The lowest BCUT2D eigenvalue weighted by Crippen LogP contribution is -2.56. The molecule has 3 saturated heterocycles. The molecule has 41 heavy (non-hydrogen) atoms. The van der Waals surface area contributed by atoms with Gasteiger partial charge in [0, 0.05) is 25.4 Å². The number of anilines is 1. The van der Waals surface area contributed by atoms with Crippen LogP contribution in [0, 0.1) is 11.8 Å². The van der Waals surface area contributed by atoms with Crippen LogP contribution in [0.4, 0.5) is 5.69 Å². The van der Waals surface area contributed by atoms with E-state index in [9.17, 15) is 19.5 Å². The van der Waals surface area contributed by atoms with Gasteiger partial charge in [-0.1, -0.05) is 42.5 Å².